The van der Waals surface area contributed by atoms with E-state index in [2.05, 4.69) is 5.32 Å². The van der Waals surface area contributed by atoms with Gasteiger partial charge < -0.3 is 5.32 Å². The molecule has 0 bridgehead atoms. The van der Waals surface area contributed by atoms with Crippen LogP contribution in [0, 0.1) is 11.3 Å². The van der Waals surface area contributed by atoms with Gasteiger partial charge in [-0.3, -0.25) is 4.79 Å². The van der Waals surface area contributed by atoms with Crippen molar-refractivity contribution in [1.82, 2.24) is 5.32 Å². The highest BCUT2D eigenvalue weighted by molar-refractivity contribution is 5.94. The van der Waals surface area contributed by atoms with Crippen LogP contribution in [0.5, 0.6) is 0 Å². The first-order valence-corrected chi connectivity index (χ1v) is 4.56. The molecule has 0 atom stereocenters. The van der Waals surface area contributed by atoms with Crippen molar-refractivity contribution in [2.75, 3.05) is 6.54 Å². The van der Waals surface area contributed by atoms with Gasteiger partial charge in [-0.05, 0) is 24.6 Å². The number of carbonyl (C=O) groups excluding carboxylic acids is 1. The van der Waals surface area contributed by atoms with Gasteiger partial charge >= 0.3 is 0 Å². The maximum absolute atomic E-state index is 11.5. The van der Waals surface area contributed by atoms with Crippen molar-refractivity contribution >= 4 is 5.91 Å². The van der Waals surface area contributed by atoms with Crippen LogP contribution in [-0.2, 0) is 0 Å². The second-order valence-electron chi connectivity index (χ2n) is 2.95. The molecule has 0 spiro atoms. The van der Waals surface area contributed by atoms with Crippen LogP contribution in [-0.4, -0.2) is 12.5 Å². The number of nitriles is 1. The summed E-state index contributed by atoms with van der Waals surface area (Å²) >= 11 is 0. The first-order chi connectivity index (χ1) is 6.77. The molecular formula is C11H12N2O. The van der Waals surface area contributed by atoms with Gasteiger partial charge in [0, 0.05) is 12.1 Å². The van der Waals surface area contributed by atoms with Crippen LogP contribution in [0.15, 0.2) is 24.3 Å². The third-order valence-corrected chi connectivity index (χ3v) is 1.79. The van der Waals surface area contributed by atoms with E-state index in [0.717, 1.165) is 6.42 Å². The van der Waals surface area contributed by atoms with E-state index < -0.39 is 0 Å². The monoisotopic (exact) mass is 188 g/mol. The number of nitrogens with one attached hydrogen (secondary N) is 1. The second kappa shape index (κ2) is 5.03. The van der Waals surface area contributed by atoms with Crippen LogP contribution in [0.4, 0.5) is 0 Å². The Bertz CT molecular complexity index is 366. The van der Waals surface area contributed by atoms with Crippen molar-refractivity contribution in [3.63, 3.8) is 0 Å². The minimum absolute atomic E-state index is 0.121. The number of hydrogen-bond donors (Lipinski definition) is 1. The number of carbonyl (C=O) groups is 1. The Hall–Kier alpha value is -1.82. The third kappa shape index (κ3) is 2.60. The molecular weight excluding hydrogens is 176 g/mol. The lowest BCUT2D eigenvalue weighted by atomic mass is 10.1. The molecule has 0 saturated heterocycles. The summed E-state index contributed by atoms with van der Waals surface area (Å²) in [4.78, 5) is 11.5. The highest BCUT2D eigenvalue weighted by Gasteiger charge is 2.04. The normalized spacial score (nSPS) is 9.14. The number of benzene rings is 1. The fourth-order valence-electron chi connectivity index (χ4n) is 1.07. The average Bonchev–Trinajstić information content (AvgIpc) is 2.26. The van der Waals surface area contributed by atoms with E-state index >= 15 is 0 Å². The van der Waals surface area contributed by atoms with E-state index in [1.54, 1.807) is 24.3 Å². The molecule has 0 heterocycles. The maximum atomic E-state index is 11.5. The lowest BCUT2D eigenvalue weighted by molar-refractivity contribution is 0.0953. The molecule has 0 aliphatic carbocycles. The lowest BCUT2D eigenvalue weighted by Crippen LogP contribution is -2.23. The Morgan fingerprint density at radius 3 is 3.00 bits per heavy atom. The molecule has 14 heavy (non-hydrogen) atoms. The molecule has 1 N–H and O–H groups in total. The summed E-state index contributed by atoms with van der Waals surface area (Å²) < 4.78 is 0. The zero-order valence-corrected chi connectivity index (χ0v) is 8.08. The van der Waals surface area contributed by atoms with Crippen molar-refractivity contribution < 1.29 is 4.79 Å². The molecule has 1 rings (SSSR count). The van der Waals surface area contributed by atoms with Crippen LogP contribution in [0.25, 0.3) is 0 Å². The van der Waals surface area contributed by atoms with Gasteiger partial charge in [-0.25, -0.2) is 0 Å². The fraction of sp³-hybridized carbons (Fsp3) is 0.273. The SMILES string of the molecule is CCCNC(=O)c1cccc(C#N)c1. The largest absolute Gasteiger partial charge is 0.352 e. The van der Waals surface area contributed by atoms with Crippen molar-refractivity contribution in [3.8, 4) is 6.07 Å². The Balaban J connectivity index is 2.75. The van der Waals surface area contributed by atoms with E-state index in [1.165, 1.54) is 0 Å². The van der Waals surface area contributed by atoms with Gasteiger partial charge in [0.25, 0.3) is 5.91 Å². The number of nitrogens with zero attached hydrogens (tertiary/aromatic N) is 1. The van der Waals surface area contributed by atoms with Gasteiger partial charge in [0.15, 0.2) is 0 Å². The van der Waals surface area contributed by atoms with E-state index in [4.69, 9.17) is 5.26 Å². The Morgan fingerprint density at radius 2 is 2.36 bits per heavy atom. The molecule has 0 radical (unpaired) electrons. The molecule has 1 amide bonds. The summed E-state index contributed by atoms with van der Waals surface area (Å²) in [6.07, 6.45) is 0.906. The van der Waals surface area contributed by atoms with Crippen LogP contribution >= 0.6 is 0 Å². The van der Waals surface area contributed by atoms with E-state index in [-0.39, 0.29) is 5.91 Å². The molecule has 0 aromatic heterocycles. The van der Waals surface area contributed by atoms with Gasteiger partial charge in [0.05, 0.1) is 11.6 Å². The first kappa shape index (κ1) is 10.3. The zero-order chi connectivity index (χ0) is 10.4. The minimum atomic E-state index is -0.121. The lowest BCUT2D eigenvalue weighted by Gasteiger charge is -2.02. The maximum Gasteiger partial charge on any atom is 0.251 e. The quantitative estimate of drug-likeness (QED) is 0.784. The van der Waals surface area contributed by atoms with Gasteiger partial charge in [-0.1, -0.05) is 13.0 Å². The zero-order valence-electron chi connectivity index (χ0n) is 8.08. The average molecular weight is 188 g/mol. The predicted octanol–water partition coefficient (Wildman–Crippen LogP) is 1.70. The fourth-order valence-corrected chi connectivity index (χ4v) is 1.07. The van der Waals surface area contributed by atoms with Gasteiger partial charge in [-0.15, -0.1) is 0 Å². The smallest absolute Gasteiger partial charge is 0.251 e. The van der Waals surface area contributed by atoms with Crippen molar-refractivity contribution in [2.24, 2.45) is 0 Å². The Labute approximate surface area is 83.4 Å². The highest BCUT2D eigenvalue weighted by Crippen LogP contribution is 2.03. The molecule has 1 aromatic carbocycles. The Morgan fingerprint density at radius 1 is 1.57 bits per heavy atom. The van der Waals surface area contributed by atoms with Crippen molar-refractivity contribution in [3.05, 3.63) is 35.4 Å². The molecule has 0 saturated carbocycles. The summed E-state index contributed by atoms with van der Waals surface area (Å²) in [5.74, 6) is -0.121. The van der Waals surface area contributed by atoms with E-state index in [9.17, 15) is 4.79 Å². The summed E-state index contributed by atoms with van der Waals surface area (Å²) in [5.41, 5.74) is 1.05. The third-order valence-electron chi connectivity index (χ3n) is 1.79. The summed E-state index contributed by atoms with van der Waals surface area (Å²) in [7, 11) is 0. The van der Waals surface area contributed by atoms with Crippen molar-refractivity contribution in [2.45, 2.75) is 13.3 Å². The molecule has 72 valence electrons. The van der Waals surface area contributed by atoms with Crippen molar-refractivity contribution in [1.29, 1.82) is 5.26 Å². The van der Waals surface area contributed by atoms with Gasteiger partial charge in [-0.2, -0.15) is 5.26 Å². The highest BCUT2D eigenvalue weighted by atomic mass is 16.1. The molecule has 0 aliphatic rings. The summed E-state index contributed by atoms with van der Waals surface area (Å²) in [6, 6.07) is 8.67. The molecule has 1 aromatic rings. The molecule has 3 nitrogen and oxygen atoms in total. The first-order valence-electron chi connectivity index (χ1n) is 4.56. The predicted molar refractivity (Wildman–Crippen MR) is 53.8 cm³/mol. The van der Waals surface area contributed by atoms with Gasteiger partial charge in [0.1, 0.15) is 0 Å². The minimum Gasteiger partial charge on any atom is -0.352 e. The summed E-state index contributed by atoms with van der Waals surface area (Å²) in [5, 5.41) is 11.4. The number of amides is 1. The van der Waals surface area contributed by atoms with Crippen LogP contribution < -0.4 is 5.32 Å². The second-order valence-corrected chi connectivity index (χ2v) is 2.95. The Kier molecular flexibility index (Phi) is 3.69. The summed E-state index contributed by atoms with van der Waals surface area (Å²) in [6.45, 7) is 2.65. The number of hydrogen-bond acceptors (Lipinski definition) is 2. The standard InChI is InChI=1S/C11H12N2O/c1-2-6-13-11(14)10-5-3-4-9(7-10)8-12/h3-5,7H,2,6H2,1H3,(H,13,14). The van der Waals surface area contributed by atoms with E-state index in [1.807, 2.05) is 13.0 Å². The van der Waals surface area contributed by atoms with Crippen LogP contribution in [0.2, 0.25) is 0 Å². The van der Waals surface area contributed by atoms with Gasteiger partial charge in [0.2, 0.25) is 0 Å². The molecule has 0 unspecified atom stereocenters. The molecule has 0 aliphatic heterocycles. The van der Waals surface area contributed by atoms with Crippen LogP contribution in [0.1, 0.15) is 29.3 Å². The number of rotatable bonds is 3. The molecule has 3 heteroatoms. The van der Waals surface area contributed by atoms with E-state index in [0.29, 0.717) is 17.7 Å². The van der Waals surface area contributed by atoms with Crippen LogP contribution in [0.3, 0.4) is 0 Å². The molecule has 0 fully saturated rings. The topological polar surface area (TPSA) is 52.9 Å².